The first-order valence-corrected chi connectivity index (χ1v) is 11.0. The number of carbonyl (C=O) groups excluding carboxylic acids is 1. The lowest BCUT2D eigenvalue weighted by Gasteiger charge is -2.18. The lowest BCUT2D eigenvalue weighted by atomic mass is 10.0. The van der Waals surface area contributed by atoms with Crippen LogP contribution in [0.4, 0.5) is 22.0 Å². The van der Waals surface area contributed by atoms with E-state index < -0.39 is 23.7 Å². The van der Waals surface area contributed by atoms with E-state index in [1.165, 1.54) is 24.1 Å². The van der Waals surface area contributed by atoms with Gasteiger partial charge in [0.05, 0.1) is 16.8 Å². The highest BCUT2D eigenvalue weighted by Crippen LogP contribution is 2.52. The van der Waals surface area contributed by atoms with Crippen molar-refractivity contribution in [1.29, 1.82) is 0 Å². The van der Waals surface area contributed by atoms with E-state index in [0.717, 1.165) is 17.5 Å². The Morgan fingerprint density at radius 1 is 1.12 bits per heavy atom. The molecule has 12 heteroatoms. The Morgan fingerprint density at radius 2 is 1.82 bits per heavy atom. The Morgan fingerprint density at radius 3 is 2.44 bits per heavy atom. The normalized spacial score (nSPS) is 16.7. The maximum atomic E-state index is 14.3. The van der Waals surface area contributed by atoms with Crippen molar-refractivity contribution in [3.05, 3.63) is 52.4 Å². The fourth-order valence-corrected chi connectivity index (χ4v) is 4.08. The number of rotatable bonds is 6. The van der Waals surface area contributed by atoms with Gasteiger partial charge in [0.25, 0.3) is 5.91 Å². The first kappa shape index (κ1) is 22.8. The third-order valence-corrected chi connectivity index (χ3v) is 6.28. The third kappa shape index (κ3) is 3.95. The van der Waals surface area contributed by atoms with Crippen LogP contribution >= 0.6 is 11.6 Å². The molecule has 6 nitrogen and oxygen atoms in total. The van der Waals surface area contributed by atoms with Gasteiger partial charge in [-0.1, -0.05) is 17.7 Å². The summed E-state index contributed by atoms with van der Waals surface area (Å²) in [7, 11) is 1.31. The summed E-state index contributed by atoms with van der Waals surface area (Å²) in [6.07, 6.45) is -0.00712. The van der Waals surface area contributed by atoms with Gasteiger partial charge in [-0.15, -0.1) is 0 Å². The number of aromatic nitrogens is 4. The van der Waals surface area contributed by atoms with Crippen molar-refractivity contribution in [2.75, 3.05) is 0 Å². The van der Waals surface area contributed by atoms with Crippen LogP contribution in [0.25, 0.3) is 16.9 Å². The number of carbonyl (C=O) groups is 1. The first-order valence-electron chi connectivity index (χ1n) is 10.6. The summed E-state index contributed by atoms with van der Waals surface area (Å²) in [5, 5.41) is 10.9. The number of aryl methyl sites for hydroxylation is 1. The van der Waals surface area contributed by atoms with E-state index in [0.29, 0.717) is 24.0 Å². The van der Waals surface area contributed by atoms with E-state index in [9.17, 15) is 26.7 Å². The molecule has 0 radical (unpaired) electrons. The van der Waals surface area contributed by atoms with Crippen LogP contribution < -0.4 is 5.32 Å². The molecule has 0 atom stereocenters. The molecule has 34 heavy (non-hydrogen) atoms. The van der Waals surface area contributed by atoms with Crippen LogP contribution in [0.1, 0.15) is 53.2 Å². The van der Waals surface area contributed by atoms with Crippen LogP contribution in [0, 0.1) is 0 Å². The maximum absolute atomic E-state index is 14.3. The van der Waals surface area contributed by atoms with Crippen LogP contribution in [0.5, 0.6) is 0 Å². The van der Waals surface area contributed by atoms with Crippen molar-refractivity contribution < 1.29 is 26.7 Å². The molecule has 1 aromatic carbocycles. The molecule has 2 heterocycles. The highest BCUT2D eigenvalue weighted by atomic mass is 35.5. The molecule has 2 fully saturated rings. The average molecular weight is 500 g/mol. The summed E-state index contributed by atoms with van der Waals surface area (Å²) in [5.74, 6) is -5.79. The number of amides is 1. The average Bonchev–Trinajstić information content (AvgIpc) is 3.68. The lowest BCUT2D eigenvalue weighted by molar-refractivity contribution is -0.291. The summed E-state index contributed by atoms with van der Waals surface area (Å²) in [4.78, 5) is 12.5. The van der Waals surface area contributed by atoms with Crippen LogP contribution in [0.15, 0.2) is 30.6 Å². The standard InChI is InChI=1S/C22H19ClF5N5O/c1-32-20(17(11-2-3-11)18(31-32)21(24,25)22(26,27)28)33-10-13(9-29-33)12-4-7-16(23)15(8-12)19(34)30-14-5-6-14/h4,7-11,14H,2-3,5-6H2,1H3,(H,30,34). The monoisotopic (exact) mass is 499 g/mol. The fourth-order valence-electron chi connectivity index (χ4n) is 3.87. The van der Waals surface area contributed by atoms with E-state index in [-0.39, 0.29) is 33.9 Å². The summed E-state index contributed by atoms with van der Waals surface area (Å²) in [6, 6.07) is 4.98. The van der Waals surface area contributed by atoms with Gasteiger partial charge in [-0.05, 0) is 49.3 Å². The van der Waals surface area contributed by atoms with E-state index >= 15 is 0 Å². The molecule has 1 N–H and O–H groups in total. The van der Waals surface area contributed by atoms with Gasteiger partial charge in [0, 0.05) is 30.4 Å². The number of nitrogens with zero attached hydrogens (tertiary/aromatic N) is 4. The summed E-state index contributed by atoms with van der Waals surface area (Å²) in [6.45, 7) is 0. The Labute approximate surface area is 195 Å². The molecular weight excluding hydrogens is 481 g/mol. The summed E-state index contributed by atoms with van der Waals surface area (Å²) >= 11 is 6.19. The lowest BCUT2D eigenvalue weighted by Crippen LogP contribution is -2.35. The van der Waals surface area contributed by atoms with Gasteiger partial charge in [0.15, 0.2) is 5.82 Å². The minimum absolute atomic E-state index is 0.0494. The Hall–Kier alpha value is -2.95. The molecule has 0 saturated heterocycles. The minimum Gasteiger partial charge on any atom is -0.349 e. The molecule has 3 aromatic rings. The van der Waals surface area contributed by atoms with Crippen LogP contribution in [0.2, 0.25) is 5.02 Å². The number of alkyl halides is 5. The first-order chi connectivity index (χ1) is 16.0. The second kappa shape index (κ2) is 7.79. The number of hydrogen-bond acceptors (Lipinski definition) is 3. The number of halogens is 6. The van der Waals surface area contributed by atoms with Gasteiger partial charge in [0.2, 0.25) is 0 Å². The molecule has 1 amide bonds. The Kier molecular flexibility index (Phi) is 5.23. The van der Waals surface area contributed by atoms with Crippen molar-refractivity contribution in [2.24, 2.45) is 7.05 Å². The van der Waals surface area contributed by atoms with Crippen LogP contribution in [0.3, 0.4) is 0 Å². The van der Waals surface area contributed by atoms with Crippen molar-refractivity contribution in [3.63, 3.8) is 0 Å². The maximum Gasteiger partial charge on any atom is 0.459 e. The second-order valence-corrected chi connectivity index (χ2v) is 9.08. The molecule has 2 aliphatic carbocycles. The SMILES string of the molecule is Cn1nc(C(F)(F)C(F)(F)F)c(C2CC2)c1-n1cc(-c2ccc(Cl)c(C(=O)NC3CC3)c2)cn1. The van der Waals surface area contributed by atoms with E-state index in [4.69, 9.17) is 11.6 Å². The predicted octanol–water partition coefficient (Wildman–Crippen LogP) is 5.35. The van der Waals surface area contributed by atoms with E-state index in [1.807, 2.05) is 0 Å². The van der Waals surface area contributed by atoms with Gasteiger partial charge >= 0.3 is 12.1 Å². The van der Waals surface area contributed by atoms with E-state index in [2.05, 4.69) is 15.5 Å². The molecule has 0 bridgehead atoms. The molecule has 0 spiro atoms. The molecule has 5 rings (SSSR count). The van der Waals surface area contributed by atoms with Crippen LogP contribution in [-0.2, 0) is 13.0 Å². The van der Waals surface area contributed by atoms with Gasteiger partial charge < -0.3 is 5.32 Å². The predicted molar refractivity (Wildman–Crippen MR) is 113 cm³/mol. The summed E-state index contributed by atoms with van der Waals surface area (Å²) < 4.78 is 70.1. The number of benzene rings is 1. The van der Waals surface area contributed by atoms with Gasteiger partial charge in [-0.2, -0.15) is 32.1 Å². The molecule has 0 unspecified atom stereocenters. The molecule has 2 aliphatic rings. The molecule has 2 saturated carbocycles. The molecule has 0 aliphatic heterocycles. The van der Waals surface area contributed by atoms with E-state index in [1.54, 1.807) is 18.2 Å². The van der Waals surface area contributed by atoms with Crippen LogP contribution in [-0.4, -0.2) is 37.7 Å². The third-order valence-electron chi connectivity index (χ3n) is 5.95. The largest absolute Gasteiger partial charge is 0.459 e. The quantitative estimate of drug-likeness (QED) is 0.465. The smallest absolute Gasteiger partial charge is 0.349 e. The molecular formula is C22H19ClF5N5O. The van der Waals surface area contributed by atoms with Crippen molar-refractivity contribution >= 4 is 17.5 Å². The fraction of sp³-hybridized carbons (Fsp3) is 0.409. The zero-order valence-corrected chi connectivity index (χ0v) is 18.6. The van der Waals surface area contributed by atoms with Crippen molar-refractivity contribution in [1.82, 2.24) is 24.9 Å². The topological polar surface area (TPSA) is 64.7 Å². The Bertz CT molecular complexity index is 1270. The number of hydrogen-bond donors (Lipinski definition) is 1. The van der Waals surface area contributed by atoms with Gasteiger partial charge in [0.1, 0.15) is 5.69 Å². The zero-order chi connectivity index (χ0) is 24.4. The minimum atomic E-state index is -5.77. The molecule has 180 valence electrons. The summed E-state index contributed by atoms with van der Waals surface area (Å²) in [5.41, 5.74) is -0.0374. The highest BCUT2D eigenvalue weighted by molar-refractivity contribution is 6.34. The highest BCUT2D eigenvalue weighted by Gasteiger charge is 2.62. The number of nitrogens with one attached hydrogen (secondary N) is 1. The zero-order valence-electron chi connectivity index (χ0n) is 17.8. The van der Waals surface area contributed by atoms with Crippen molar-refractivity contribution in [3.8, 4) is 16.9 Å². The van der Waals surface area contributed by atoms with Crippen molar-refractivity contribution in [2.45, 2.75) is 49.7 Å². The van der Waals surface area contributed by atoms with Gasteiger partial charge in [-0.25, -0.2) is 4.68 Å². The van der Waals surface area contributed by atoms with Gasteiger partial charge in [-0.3, -0.25) is 9.48 Å². The second-order valence-electron chi connectivity index (χ2n) is 8.67. The Balaban J connectivity index is 1.53. The molecule has 2 aromatic heterocycles.